The van der Waals surface area contributed by atoms with Gasteiger partial charge < -0.3 is 0 Å². The number of carbonyl (C=O) groups excluding carboxylic acids is 1. The summed E-state index contributed by atoms with van der Waals surface area (Å²) >= 11 is 3.12. The number of primary sulfonamides is 1. The molecule has 9 heteroatoms. The Labute approximate surface area is 106 Å². The molecule has 1 fully saturated rings. The summed E-state index contributed by atoms with van der Waals surface area (Å²) in [6.07, 6.45) is 2.72. The van der Waals surface area contributed by atoms with Crippen molar-refractivity contribution in [3.8, 4) is 0 Å². The summed E-state index contributed by atoms with van der Waals surface area (Å²) in [5.41, 5.74) is 0. The van der Waals surface area contributed by atoms with E-state index in [2.05, 4.69) is 25.9 Å². The van der Waals surface area contributed by atoms with Crippen LogP contribution in [-0.4, -0.2) is 36.1 Å². The number of nitrogens with zero attached hydrogens (tertiary/aromatic N) is 3. The van der Waals surface area contributed by atoms with Crippen LogP contribution in [0.3, 0.4) is 0 Å². The van der Waals surface area contributed by atoms with Gasteiger partial charge in [0.05, 0.1) is 12.4 Å². The number of halogens is 1. The molecule has 0 radical (unpaired) electrons. The molecule has 2 N–H and O–H groups in total. The van der Waals surface area contributed by atoms with E-state index in [0.717, 1.165) is 0 Å². The molecule has 2 rings (SSSR count). The van der Waals surface area contributed by atoms with Gasteiger partial charge in [0.2, 0.25) is 15.9 Å². The molecule has 1 aliphatic rings. The topological polar surface area (TPSA) is 106 Å². The minimum atomic E-state index is -3.70. The van der Waals surface area contributed by atoms with Gasteiger partial charge in [0, 0.05) is 13.0 Å². The lowest BCUT2D eigenvalue weighted by molar-refractivity contribution is -0.117. The zero-order valence-corrected chi connectivity index (χ0v) is 11.0. The number of aromatic nitrogens is 2. The maximum absolute atomic E-state index is 11.6. The molecule has 2 heterocycles. The van der Waals surface area contributed by atoms with Gasteiger partial charge in [-0.3, -0.25) is 9.69 Å². The van der Waals surface area contributed by atoms with Crippen LogP contribution < -0.4 is 10.0 Å². The summed E-state index contributed by atoms with van der Waals surface area (Å²) in [4.78, 5) is 20.8. The summed E-state index contributed by atoms with van der Waals surface area (Å²) in [5.74, 6) is 0.00463. The van der Waals surface area contributed by atoms with E-state index in [9.17, 15) is 13.2 Å². The van der Waals surface area contributed by atoms with Crippen molar-refractivity contribution in [1.29, 1.82) is 0 Å². The third kappa shape index (κ3) is 2.61. The molecule has 1 atom stereocenters. The average Bonchev–Trinajstić information content (AvgIpc) is 2.61. The van der Waals surface area contributed by atoms with Crippen molar-refractivity contribution in [2.24, 2.45) is 5.14 Å². The van der Waals surface area contributed by atoms with E-state index in [4.69, 9.17) is 5.14 Å². The Bertz CT molecular complexity index is 544. The quantitative estimate of drug-likeness (QED) is 0.800. The molecular weight excluding hydrogens is 312 g/mol. The van der Waals surface area contributed by atoms with Crippen LogP contribution in [0.2, 0.25) is 0 Å². The lowest BCUT2D eigenvalue weighted by atomic mass is 10.4. The highest BCUT2D eigenvalue weighted by Crippen LogP contribution is 2.22. The molecular formula is C8H9BrN4O3S. The molecule has 0 aromatic carbocycles. The highest BCUT2D eigenvalue weighted by atomic mass is 79.9. The predicted molar refractivity (Wildman–Crippen MR) is 63.6 cm³/mol. The fourth-order valence-corrected chi connectivity index (χ4v) is 2.50. The fourth-order valence-electron chi connectivity index (χ4n) is 1.56. The molecule has 92 valence electrons. The normalized spacial score (nSPS) is 20.9. The Morgan fingerprint density at radius 3 is 2.59 bits per heavy atom. The molecule has 7 nitrogen and oxygen atoms in total. The Kier molecular flexibility index (Phi) is 3.15. The number of amides is 1. The van der Waals surface area contributed by atoms with Gasteiger partial charge in [-0.15, -0.1) is 0 Å². The maximum Gasteiger partial charge on any atom is 0.229 e. The summed E-state index contributed by atoms with van der Waals surface area (Å²) in [5, 5.41) is 4.14. The Hall–Kier alpha value is -1.06. The van der Waals surface area contributed by atoms with Gasteiger partial charge in [0.15, 0.2) is 5.82 Å². The van der Waals surface area contributed by atoms with Gasteiger partial charge in [-0.2, -0.15) is 0 Å². The van der Waals surface area contributed by atoms with Gasteiger partial charge in [0.25, 0.3) is 0 Å². The molecule has 0 spiro atoms. The van der Waals surface area contributed by atoms with Gasteiger partial charge in [-0.25, -0.2) is 23.5 Å². The standard InChI is InChI=1S/C8H9BrN4O3S/c9-6-2-12-7(3-11-6)13-4-5(1-8(13)14)17(10,15)16/h2-3,5H,1,4H2,(H2,10,15,16). The second-order valence-corrected chi connectivity index (χ2v) is 6.27. The first-order valence-electron chi connectivity index (χ1n) is 4.67. The first kappa shape index (κ1) is 12.4. The number of hydrogen-bond donors (Lipinski definition) is 1. The molecule has 1 aromatic rings. The highest BCUT2D eigenvalue weighted by Gasteiger charge is 2.37. The molecule has 0 aliphatic carbocycles. The van der Waals surface area contributed by atoms with Crippen molar-refractivity contribution >= 4 is 37.7 Å². The fraction of sp³-hybridized carbons (Fsp3) is 0.375. The summed E-state index contributed by atoms with van der Waals surface area (Å²) in [6, 6.07) is 0. The number of nitrogens with two attached hydrogens (primary N) is 1. The monoisotopic (exact) mass is 320 g/mol. The zero-order chi connectivity index (χ0) is 12.6. The number of hydrogen-bond acceptors (Lipinski definition) is 5. The first-order valence-corrected chi connectivity index (χ1v) is 7.07. The van der Waals surface area contributed by atoms with Gasteiger partial charge in [-0.05, 0) is 15.9 Å². The third-order valence-corrected chi connectivity index (χ3v) is 4.09. The van der Waals surface area contributed by atoms with Crippen LogP contribution in [0.15, 0.2) is 17.0 Å². The lowest BCUT2D eigenvalue weighted by Gasteiger charge is -2.14. The average molecular weight is 321 g/mol. The molecule has 17 heavy (non-hydrogen) atoms. The van der Waals surface area contributed by atoms with Crippen LogP contribution in [0, 0.1) is 0 Å². The molecule has 1 aliphatic heterocycles. The smallest absolute Gasteiger partial charge is 0.229 e. The lowest BCUT2D eigenvalue weighted by Crippen LogP contribution is -2.32. The first-order chi connectivity index (χ1) is 7.88. The zero-order valence-electron chi connectivity index (χ0n) is 8.58. The molecule has 0 bridgehead atoms. The summed E-state index contributed by atoms with van der Waals surface area (Å²) in [7, 11) is -3.70. The van der Waals surface area contributed by atoms with E-state index in [0.29, 0.717) is 10.4 Å². The van der Waals surface area contributed by atoms with Crippen molar-refractivity contribution in [2.75, 3.05) is 11.4 Å². The van der Waals surface area contributed by atoms with Crippen molar-refractivity contribution in [2.45, 2.75) is 11.7 Å². The molecule has 1 unspecified atom stereocenters. The third-order valence-electron chi connectivity index (χ3n) is 2.44. The minimum Gasteiger partial charge on any atom is -0.294 e. The largest absolute Gasteiger partial charge is 0.294 e. The Morgan fingerprint density at radius 1 is 1.41 bits per heavy atom. The SMILES string of the molecule is NS(=O)(=O)C1CC(=O)N(c2cnc(Br)cn2)C1. The molecule has 0 saturated carbocycles. The number of sulfonamides is 1. The molecule has 1 aromatic heterocycles. The van der Waals surface area contributed by atoms with Crippen LogP contribution in [0.25, 0.3) is 0 Å². The van der Waals surface area contributed by atoms with Crippen LogP contribution in [0.5, 0.6) is 0 Å². The van der Waals surface area contributed by atoms with Gasteiger partial charge in [-0.1, -0.05) is 0 Å². The van der Waals surface area contributed by atoms with Crippen molar-refractivity contribution in [3.05, 3.63) is 17.0 Å². The van der Waals surface area contributed by atoms with Crippen molar-refractivity contribution in [1.82, 2.24) is 9.97 Å². The van der Waals surface area contributed by atoms with Crippen molar-refractivity contribution < 1.29 is 13.2 Å². The number of carbonyl (C=O) groups is 1. The van der Waals surface area contributed by atoms with Gasteiger partial charge >= 0.3 is 0 Å². The minimum absolute atomic E-state index is 0.0218. The number of rotatable bonds is 2. The highest BCUT2D eigenvalue weighted by molar-refractivity contribution is 9.10. The molecule has 1 amide bonds. The van der Waals surface area contributed by atoms with Crippen LogP contribution >= 0.6 is 15.9 Å². The summed E-state index contributed by atoms with van der Waals surface area (Å²) < 4.78 is 22.9. The second kappa shape index (κ2) is 4.31. The van der Waals surface area contributed by atoms with Crippen molar-refractivity contribution in [3.63, 3.8) is 0 Å². The van der Waals surface area contributed by atoms with E-state index in [1.807, 2.05) is 0 Å². The van der Waals surface area contributed by atoms with Gasteiger partial charge in [0.1, 0.15) is 9.85 Å². The van der Waals surface area contributed by atoms with E-state index >= 15 is 0 Å². The second-order valence-electron chi connectivity index (χ2n) is 3.62. The molecule has 1 saturated heterocycles. The number of anilines is 1. The van der Waals surface area contributed by atoms with E-state index < -0.39 is 15.3 Å². The van der Waals surface area contributed by atoms with Crippen LogP contribution in [-0.2, 0) is 14.8 Å². The van der Waals surface area contributed by atoms with Crippen LogP contribution in [0.1, 0.15) is 6.42 Å². The Balaban J connectivity index is 2.24. The van der Waals surface area contributed by atoms with Crippen LogP contribution in [0.4, 0.5) is 5.82 Å². The Morgan fingerprint density at radius 2 is 2.12 bits per heavy atom. The van der Waals surface area contributed by atoms with E-state index in [-0.39, 0.29) is 18.9 Å². The maximum atomic E-state index is 11.6. The predicted octanol–water partition coefficient (Wildman–Crippen LogP) is -0.367. The van der Waals surface area contributed by atoms with E-state index in [1.165, 1.54) is 17.3 Å². The summed E-state index contributed by atoms with van der Waals surface area (Å²) in [6.45, 7) is 0.0218. The van der Waals surface area contributed by atoms with E-state index in [1.54, 1.807) is 0 Å².